The molecule has 0 aliphatic heterocycles. The smallest absolute Gasteiger partial charge is 0.0690 e. The van der Waals surface area contributed by atoms with Crippen molar-refractivity contribution < 1.29 is 0 Å². The van der Waals surface area contributed by atoms with Crippen LogP contribution in [0.2, 0.25) is 0 Å². The SMILES string of the molecule is CC(C)c1cccc(C(C)C)c1N=P([C]1[CH][CH][CH][CH]1)(c1ccccc1)c1ccccc1. The molecule has 0 unspecified atom stereocenters. The summed E-state index contributed by atoms with van der Waals surface area (Å²) in [6.45, 7) is 9.08. The first-order valence-corrected chi connectivity index (χ1v) is 12.9. The monoisotopic (exact) mass is 424 g/mol. The van der Waals surface area contributed by atoms with Gasteiger partial charge in [-0.25, -0.2) is 0 Å². The van der Waals surface area contributed by atoms with Gasteiger partial charge in [-0.2, -0.15) is 0 Å². The van der Waals surface area contributed by atoms with E-state index in [4.69, 9.17) is 4.74 Å². The summed E-state index contributed by atoms with van der Waals surface area (Å²) in [5.41, 5.74) is 5.14. The summed E-state index contributed by atoms with van der Waals surface area (Å²) in [7, 11) is -2.24. The zero-order valence-electron chi connectivity index (χ0n) is 18.9. The van der Waals surface area contributed by atoms with Crippen molar-refractivity contribution >= 4 is 23.4 Å². The summed E-state index contributed by atoms with van der Waals surface area (Å²) >= 11 is 0. The van der Waals surface area contributed by atoms with Crippen molar-refractivity contribution in [3.63, 3.8) is 0 Å². The van der Waals surface area contributed by atoms with Gasteiger partial charge in [0.15, 0.2) is 0 Å². The van der Waals surface area contributed by atoms with Gasteiger partial charge in [-0.15, -0.1) is 0 Å². The maximum absolute atomic E-state index is 5.83. The highest BCUT2D eigenvalue weighted by molar-refractivity contribution is 7.84. The van der Waals surface area contributed by atoms with Crippen molar-refractivity contribution in [3.05, 3.63) is 121 Å². The van der Waals surface area contributed by atoms with Crippen LogP contribution in [0.15, 0.2) is 83.6 Å². The second kappa shape index (κ2) is 9.58. The van der Waals surface area contributed by atoms with Gasteiger partial charge >= 0.3 is 0 Å². The van der Waals surface area contributed by atoms with E-state index in [1.54, 1.807) is 0 Å². The number of hydrogen-bond acceptors (Lipinski definition) is 1. The minimum atomic E-state index is -2.24. The Morgan fingerprint density at radius 1 is 0.581 bits per heavy atom. The Hall–Kier alpha value is -2.11. The van der Waals surface area contributed by atoms with E-state index in [1.807, 2.05) is 0 Å². The van der Waals surface area contributed by atoms with Crippen molar-refractivity contribution in [2.24, 2.45) is 4.74 Å². The molecule has 0 spiro atoms. The van der Waals surface area contributed by atoms with Crippen LogP contribution in [0.3, 0.4) is 0 Å². The molecule has 4 rings (SSSR count). The lowest BCUT2D eigenvalue weighted by atomic mass is 9.93. The molecule has 0 atom stereocenters. The van der Waals surface area contributed by atoms with Crippen molar-refractivity contribution in [3.8, 4) is 0 Å². The third-order valence-electron chi connectivity index (χ3n) is 5.87. The lowest BCUT2D eigenvalue weighted by Gasteiger charge is -2.32. The van der Waals surface area contributed by atoms with Crippen LogP contribution in [0.4, 0.5) is 5.69 Å². The Labute approximate surface area is 189 Å². The molecule has 1 nitrogen and oxygen atoms in total. The molecule has 0 amide bonds. The van der Waals surface area contributed by atoms with Crippen molar-refractivity contribution in [2.75, 3.05) is 0 Å². The molecule has 1 aliphatic carbocycles. The molecule has 2 heteroatoms. The fraction of sp³-hybridized carbons (Fsp3) is 0.207. The van der Waals surface area contributed by atoms with Gasteiger partial charge in [0.25, 0.3) is 0 Å². The van der Waals surface area contributed by atoms with Gasteiger partial charge in [0.05, 0.1) is 5.69 Å². The molecule has 3 aromatic carbocycles. The van der Waals surface area contributed by atoms with Gasteiger partial charge in [0, 0.05) is 12.7 Å². The van der Waals surface area contributed by atoms with E-state index >= 15 is 0 Å². The summed E-state index contributed by atoms with van der Waals surface area (Å²) in [5, 5.41) is 2.58. The summed E-state index contributed by atoms with van der Waals surface area (Å²) < 4.78 is 5.83. The maximum Gasteiger partial charge on any atom is 0.0690 e. The third-order valence-corrected chi connectivity index (χ3v) is 9.51. The molecule has 1 aliphatic rings. The van der Waals surface area contributed by atoms with Gasteiger partial charge in [-0.3, -0.25) is 4.74 Å². The largest absolute Gasteiger partial charge is 0.257 e. The lowest BCUT2D eigenvalue weighted by Crippen LogP contribution is -2.21. The van der Waals surface area contributed by atoms with Gasteiger partial charge in [0.1, 0.15) is 0 Å². The van der Waals surface area contributed by atoms with Crippen molar-refractivity contribution in [2.45, 2.75) is 39.5 Å². The molecule has 5 radical (unpaired) electrons. The van der Waals surface area contributed by atoms with Crippen LogP contribution >= 0.6 is 7.05 Å². The number of hydrogen-bond donors (Lipinski definition) is 0. The second-order valence-electron chi connectivity index (χ2n) is 8.64. The van der Waals surface area contributed by atoms with Crippen molar-refractivity contribution in [1.82, 2.24) is 0 Å². The number of benzene rings is 3. The fourth-order valence-electron chi connectivity index (χ4n) is 4.26. The summed E-state index contributed by atoms with van der Waals surface area (Å²) in [6.07, 6.45) is 8.79. The highest BCUT2D eigenvalue weighted by atomic mass is 31.2. The van der Waals surface area contributed by atoms with E-state index in [0.29, 0.717) is 11.8 Å². The molecule has 0 bridgehead atoms. The van der Waals surface area contributed by atoms with Crippen LogP contribution in [0, 0.1) is 31.3 Å². The van der Waals surface area contributed by atoms with Crippen molar-refractivity contribution in [1.29, 1.82) is 0 Å². The highest BCUT2D eigenvalue weighted by Crippen LogP contribution is 2.63. The third kappa shape index (κ3) is 4.31. The summed E-state index contributed by atoms with van der Waals surface area (Å²) in [5.74, 6) is 0.816. The predicted molar refractivity (Wildman–Crippen MR) is 136 cm³/mol. The Balaban J connectivity index is 2.13. The van der Waals surface area contributed by atoms with Gasteiger partial charge in [0.2, 0.25) is 0 Å². The molecule has 0 heterocycles. The average Bonchev–Trinajstić information content (AvgIpc) is 3.33. The van der Waals surface area contributed by atoms with Crippen LogP contribution in [-0.4, -0.2) is 0 Å². The molecule has 0 N–H and O–H groups in total. The van der Waals surface area contributed by atoms with E-state index < -0.39 is 7.05 Å². The lowest BCUT2D eigenvalue weighted by molar-refractivity contribution is 0.835. The summed E-state index contributed by atoms with van der Waals surface area (Å²) in [4.78, 5) is 0. The molecular weight excluding hydrogens is 393 g/mol. The molecule has 1 fully saturated rings. The Kier molecular flexibility index (Phi) is 6.83. The highest BCUT2D eigenvalue weighted by Gasteiger charge is 2.37. The minimum absolute atomic E-state index is 0.408. The average molecular weight is 425 g/mol. The van der Waals surface area contributed by atoms with E-state index in [1.165, 1.54) is 33.1 Å². The van der Waals surface area contributed by atoms with E-state index in [-0.39, 0.29) is 0 Å². The molecule has 157 valence electrons. The van der Waals surface area contributed by atoms with Crippen LogP contribution in [0.25, 0.3) is 0 Å². The van der Waals surface area contributed by atoms with E-state index in [2.05, 4.69) is 132 Å². The maximum atomic E-state index is 5.83. The standard InChI is InChI=1S/C29H31NP/c1-22(2)27-20-13-21-28(23(3)4)29(27)30-31(26-18-11-12-19-26,24-14-7-5-8-15-24)25-16-9-6-10-17-25/h5-23H,1-4H3. The van der Waals surface area contributed by atoms with E-state index in [0.717, 1.165) is 0 Å². The topological polar surface area (TPSA) is 12.4 Å². The Morgan fingerprint density at radius 2 is 1.03 bits per heavy atom. The molecule has 1 saturated carbocycles. The van der Waals surface area contributed by atoms with Crippen LogP contribution in [-0.2, 0) is 0 Å². The Morgan fingerprint density at radius 3 is 1.45 bits per heavy atom. The van der Waals surface area contributed by atoms with Gasteiger partial charge < -0.3 is 0 Å². The minimum Gasteiger partial charge on any atom is -0.257 e. The van der Waals surface area contributed by atoms with Gasteiger partial charge in [-0.05, 0) is 59.3 Å². The summed E-state index contributed by atoms with van der Waals surface area (Å²) in [6, 6.07) is 28.5. The normalized spacial score (nSPS) is 15.0. The van der Waals surface area contributed by atoms with E-state index in [9.17, 15) is 0 Å². The number of rotatable bonds is 6. The van der Waals surface area contributed by atoms with Gasteiger partial charge in [-0.1, -0.05) is 107 Å². The quantitative estimate of drug-likeness (QED) is 0.358. The predicted octanol–water partition coefficient (Wildman–Crippen LogP) is 7.78. The van der Waals surface area contributed by atoms with Crippen LogP contribution in [0.1, 0.15) is 50.7 Å². The van der Waals surface area contributed by atoms with Crippen LogP contribution in [0.5, 0.6) is 0 Å². The first-order valence-electron chi connectivity index (χ1n) is 11.1. The zero-order chi connectivity index (χ0) is 21.8. The first-order chi connectivity index (χ1) is 15.0. The zero-order valence-corrected chi connectivity index (χ0v) is 19.8. The first kappa shape index (κ1) is 22.1. The molecule has 31 heavy (non-hydrogen) atoms. The second-order valence-corrected chi connectivity index (χ2v) is 11.7. The molecular formula is C29H31NP. The molecule has 0 saturated heterocycles. The van der Waals surface area contributed by atoms with Crippen LogP contribution < -0.4 is 10.6 Å². The molecule has 3 aromatic rings. The fourth-order valence-corrected chi connectivity index (χ4v) is 7.85. The number of nitrogens with zero attached hydrogens (tertiary/aromatic N) is 1. The molecule has 0 aromatic heterocycles. The Bertz CT molecular complexity index is 975.